The second-order valence-corrected chi connectivity index (χ2v) is 22.8. The van der Waals surface area contributed by atoms with Gasteiger partial charge in [0.15, 0.2) is 0 Å². The Morgan fingerprint density at radius 1 is 0.565 bits per heavy atom. The molecule has 0 saturated heterocycles. The van der Waals surface area contributed by atoms with Gasteiger partial charge in [-0.05, 0) is 75.0 Å². The minimum atomic E-state index is -2.13. The summed E-state index contributed by atoms with van der Waals surface area (Å²) < 4.78 is 1.02. The fraction of sp³-hybridized carbons (Fsp3) is 0.300. The third-order valence-corrected chi connectivity index (χ3v) is 17.1. The maximum absolute atomic E-state index is 6.02. The minimum absolute atomic E-state index is 0. The molecule has 0 saturated carbocycles. The molecule has 6 heteroatoms. The van der Waals surface area contributed by atoms with Gasteiger partial charge in [-0.1, -0.05) is 25.0 Å². The normalized spacial score (nSPS) is 20.7. The van der Waals surface area contributed by atoms with Gasteiger partial charge in [-0.3, -0.25) is 0 Å². The van der Waals surface area contributed by atoms with Gasteiger partial charge < -0.3 is 24.8 Å². The topological polar surface area (TPSA) is 0 Å². The monoisotopic (exact) mass is 842 g/mol. The third-order valence-electron chi connectivity index (χ3n) is 10.4. The van der Waals surface area contributed by atoms with Crippen LogP contribution in [0.1, 0.15) is 84.9 Å². The van der Waals surface area contributed by atoms with Crippen molar-refractivity contribution in [3.63, 3.8) is 0 Å². The summed E-state index contributed by atoms with van der Waals surface area (Å²) in [6.07, 6.45) is 4.25. The van der Waals surface area contributed by atoms with Gasteiger partial charge in [0, 0.05) is 11.8 Å². The number of hydrogen-bond donors (Lipinski definition) is 0. The molecule has 4 aliphatic carbocycles. The molecule has 0 bridgehead atoms. The second-order valence-electron chi connectivity index (χ2n) is 12.5. The van der Waals surface area contributed by atoms with Gasteiger partial charge >= 0.3 is 187 Å². The number of hydrogen-bond acceptors (Lipinski definition) is 0. The molecule has 0 spiro atoms. The van der Waals surface area contributed by atoms with E-state index >= 15 is 0 Å². The first-order chi connectivity index (χ1) is 21.0. The van der Waals surface area contributed by atoms with Crippen LogP contribution in [0.2, 0.25) is 0 Å². The van der Waals surface area contributed by atoms with E-state index in [4.69, 9.17) is 17.0 Å². The Morgan fingerprint density at radius 2 is 0.957 bits per heavy atom. The second kappa shape index (κ2) is 16.8. The Labute approximate surface area is 320 Å². The fourth-order valence-corrected chi connectivity index (χ4v) is 12.5. The summed E-state index contributed by atoms with van der Waals surface area (Å²) in [5.41, 5.74) is 20.8. The van der Waals surface area contributed by atoms with Gasteiger partial charge in [0.1, 0.15) is 0 Å². The van der Waals surface area contributed by atoms with E-state index in [2.05, 4.69) is 128 Å². The van der Waals surface area contributed by atoms with E-state index in [9.17, 15) is 0 Å². The molecule has 46 heavy (non-hydrogen) atoms. The molecule has 0 nitrogen and oxygen atoms in total. The number of rotatable bonds is 2. The van der Waals surface area contributed by atoms with Crippen molar-refractivity contribution in [3.8, 4) is 11.1 Å². The first kappa shape index (κ1) is 39.7. The summed E-state index contributed by atoms with van der Waals surface area (Å²) in [5.74, 6) is 1.19. The van der Waals surface area contributed by atoms with Crippen LogP contribution in [0.15, 0.2) is 123 Å². The van der Waals surface area contributed by atoms with Crippen LogP contribution in [-0.2, 0) is 44.1 Å². The van der Waals surface area contributed by atoms with Crippen molar-refractivity contribution in [2.24, 2.45) is 11.8 Å². The maximum atomic E-state index is 6.02. The van der Waals surface area contributed by atoms with E-state index < -0.39 is 19.4 Å². The Hall–Kier alpha value is -0.714. The molecule has 3 atom stereocenters. The summed E-state index contributed by atoms with van der Waals surface area (Å²) in [6, 6.07) is 25.8. The summed E-state index contributed by atoms with van der Waals surface area (Å²) in [4.78, 5) is 0. The van der Waals surface area contributed by atoms with Crippen LogP contribution in [0.25, 0.3) is 17.2 Å². The molecule has 0 radical (unpaired) electrons. The summed E-state index contributed by atoms with van der Waals surface area (Å²) in [7, 11) is 12.0. The summed E-state index contributed by atoms with van der Waals surface area (Å²) >= 11 is -0.542. The third kappa shape index (κ3) is 7.54. The molecule has 3 aromatic carbocycles. The molecule has 0 amide bonds. The molecule has 0 fully saturated rings. The van der Waals surface area contributed by atoms with Gasteiger partial charge in [0.25, 0.3) is 0 Å². The molecular formula is C40H42Cl4Zr2. The number of allylic oxidation sites excluding steroid dienone is 9. The van der Waals surface area contributed by atoms with Crippen LogP contribution in [0, 0.1) is 11.8 Å². The van der Waals surface area contributed by atoms with Crippen LogP contribution in [-0.4, -0.2) is 0 Å². The van der Waals surface area contributed by atoms with Gasteiger partial charge in [-0.25, -0.2) is 0 Å². The zero-order chi connectivity index (χ0) is 31.9. The Balaban J connectivity index is 0.000000187. The van der Waals surface area contributed by atoms with Crippen LogP contribution >= 0.6 is 17.0 Å². The molecular weight excluding hydrogens is 805 g/mol. The van der Waals surface area contributed by atoms with Gasteiger partial charge in [-0.15, -0.1) is 0 Å². The molecule has 3 aromatic rings. The van der Waals surface area contributed by atoms with Gasteiger partial charge in [0.05, 0.1) is 0 Å². The van der Waals surface area contributed by atoms with E-state index in [-0.39, 0.29) is 24.8 Å². The standard InChI is InChI=1S/C18H26.C13H9.C9H7.4ClH.2Zr/c1-9-10(2)14(6)17(13(9)5)18-15(7)11(3)12(4)16(18)8;1-3-7-12-10(5-1)9-11-6-2-4-8-13(11)12;1-2-5-9-7-3-6-8(9)4-1;;;;;;/h13,15H,1-8H3;1-9H;1-7H;4*1H;;/q;;;;;;;2*+2/p-4. The molecule has 0 heterocycles. The van der Waals surface area contributed by atoms with E-state index in [1.807, 2.05) is 12.1 Å². The van der Waals surface area contributed by atoms with Crippen LogP contribution in [0.3, 0.4) is 0 Å². The van der Waals surface area contributed by atoms with Gasteiger partial charge in [0.2, 0.25) is 0 Å². The first-order valence-corrected chi connectivity index (χ1v) is 24.7. The zero-order valence-electron chi connectivity index (χ0n) is 27.9. The average Bonchev–Trinajstić information content (AvgIpc) is 3.70. The number of halogens is 4. The van der Waals surface area contributed by atoms with Crippen LogP contribution in [0.4, 0.5) is 0 Å². The Kier molecular flexibility index (Phi) is 14.5. The molecule has 4 aliphatic rings. The Bertz CT molecular complexity index is 1660. The van der Waals surface area contributed by atoms with E-state index in [0.717, 1.165) is 0 Å². The first-order valence-electron chi connectivity index (χ1n) is 15.6. The average molecular weight is 847 g/mol. The molecule has 0 aliphatic heterocycles. The van der Waals surface area contributed by atoms with Crippen LogP contribution in [0.5, 0.6) is 0 Å². The number of fused-ring (bicyclic) bond motifs is 4. The van der Waals surface area contributed by atoms with E-state index in [1.165, 1.54) is 55.7 Å². The summed E-state index contributed by atoms with van der Waals surface area (Å²) in [5, 5.41) is 0. The summed E-state index contributed by atoms with van der Waals surface area (Å²) in [6.45, 7) is 18.5. The van der Waals surface area contributed by atoms with E-state index in [0.29, 0.717) is 19.1 Å². The van der Waals surface area contributed by atoms with Gasteiger partial charge in [-0.2, -0.15) is 0 Å². The van der Waals surface area contributed by atoms with Crippen molar-refractivity contribution in [3.05, 3.63) is 146 Å². The SMILES string of the molecule is CC1=C(C)C(C)C(C2=C(C)C(C)=C(C)C2C)=C1C.[Cl-].[Cl-].[Cl][Zr]([Cl])[CH]1C=Cc2ccccc21.[Zr+2][CH]1c2ccccc2-c2ccccc21. The Morgan fingerprint density at radius 3 is 1.35 bits per heavy atom. The van der Waals surface area contributed by atoms with Crippen molar-refractivity contribution in [2.75, 3.05) is 0 Å². The quantitative estimate of drug-likeness (QED) is 0.274. The number of benzene rings is 3. The predicted octanol–water partition coefficient (Wildman–Crippen LogP) is 6.58. The van der Waals surface area contributed by atoms with Crippen molar-refractivity contribution in [1.29, 1.82) is 0 Å². The molecule has 3 unspecified atom stereocenters. The van der Waals surface area contributed by atoms with Crippen molar-refractivity contribution in [2.45, 2.75) is 62.6 Å². The van der Waals surface area contributed by atoms with Crippen molar-refractivity contribution in [1.82, 2.24) is 0 Å². The fourth-order valence-electron chi connectivity index (χ4n) is 7.19. The molecule has 238 valence electrons. The predicted molar refractivity (Wildman–Crippen MR) is 184 cm³/mol. The van der Waals surface area contributed by atoms with E-state index in [1.54, 1.807) is 47.0 Å². The van der Waals surface area contributed by atoms with Crippen molar-refractivity contribution >= 4 is 23.1 Å². The zero-order valence-corrected chi connectivity index (χ0v) is 35.8. The van der Waals surface area contributed by atoms with Crippen LogP contribution < -0.4 is 24.8 Å². The molecule has 7 rings (SSSR count). The molecule has 0 aromatic heterocycles. The van der Waals surface area contributed by atoms with Crippen molar-refractivity contribution < 1.29 is 68.9 Å². The molecule has 0 N–H and O–H groups in total.